The van der Waals surface area contributed by atoms with Crippen LogP contribution in [0.5, 0.6) is 5.88 Å². The lowest BCUT2D eigenvalue weighted by molar-refractivity contribution is 0.277. The van der Waals surface area contributed by atoms with E-state index < -0.39 is 26.6 Å². The molecule has 14 heteroatoms. The molecule has 5 rings (SSSR count). The molecule has 3 aromatic heterocycles. The summed E-state index contributed by atoms with van der Waals surface area (Å²) in [5, 5.41) is 17.2. The van der Waals surface area contributed by atoms with E-state index in [1.807, 2.05) is 6.07 Å². The Hall–Kier alpha value is -4.69. The van der Waals surface area contributed by atoms with Crippen LogP contribution in [-0.2, 0) is 16.6 Å². The maximum atomic E-state index is 14.2. The molecule has 206 valence electrons. The molecule has 0 aliphatic heterocycles. The van der Waals surface area contributed by atoms with Crippen LogP contribution in [0.15, 0.2) is 72.3 Å². The van der Waals surface area contributed by atoms with Gasteiger partial charge in [-0.15, -0.1) is 0 Å². The molecule has 11 nitrogen and oxygen atoms in total. The fourth-order valence-electron chi connectivity index (χ4n) is 3.99. The lowest BCUT2D eigenvalue weighted by atomic mass is 10.0. The SMILES string of the molecule is COc1ncc(-c2ccc3ncnc(Nc4cnn(CCCO)c4)c3c2)cc1NS(=O)(=O)c1ccc(F)cc1F. The van der Waals surface area contributed by atoms with Crippen molar-refractivity contribution < 1.29 is 27.0 Å². The average Bonchev–Trinajstić information content (AvgIpc) is 3.38. The van der Waals surface area contributed by atoms with E-state index in [2.05, 4.69) is 30.1 Å². The number of aliphatic hydroxyl groups excluding tert-OH is 1. The molecule has 3 N–H and O–H groups in total. The first-order valence-corrected chi connectivity index (χ1v) is 13.4. The fraction of sp³-hybridized carbons (Fsp3) is 0.154. The molecule has 0 spiro atoms. The van der Waals surface area contributed by atoms with Gasteiger partial charge in [-0.1, -0.05) is 6.07 Å². The highest BCUT2D eigenvalue weighted by molar-refractivity contribution is 7.92. The topological polar surface area (TPSA) is 144 Å². The van der Waals surface area contributed by atoms with Crippen LogP contribution in [0.25, 0.3) is 22.0 Å². The number of ether oxygens (including phenoxy) is 1. The van der Waals surface area contributed by atoms with Crippen LogP contribution >= 0.6 is 0 Å². The Bertz CT molecular complexity index is 1800. The molecular weight excluding hydrogens is 544 g/mol. The lowest BCUT2D eigenvalue weighted by Gasteiger charge is -2.14. The molecule has 0 fully saturated rings. The third-order valence-electron chi connectivity index (χ3n) is 5.88. The number of methoxy groups -OCH3 is 1. The summed E-state index contributed by atoms with van der Waals surface area (Å²) in [6, 6.07) is 9.06. The minimum Gasteiger partial charge on any atom is -0.480 e. The molecule has 0 saturated carbocycles. The van der Waals surface area contributed by atoms with Gasteiger partial charge in [0.15, 0.2) is 0 Å². The first kappa shape index (κ1) is 26.9. The van der Waals surface area contributed by atoms with E-state index >= 15 is 0 Å². The molecule has 40 heavy (non-hydrogen) atoms. The van der Waals surface area contributed by atoms with Crippen LogP contribution in [0, 0.1) is 11.6 Å². The zero-order chi connectivity index (χ0) is 28.3. The van der Waals surface area contributed by atoms with Gasteiger partial charge in [-0.2, -0.15) is 5.10 Å². The van der Waals surface area contributed by atoms with Gasteiger partial charge in [0.2, 0.25) is 5.88 Å². The normalized spacial score (nSPS) is 11.5. The van der Waals surface area contributed by atoms with Crippen LogP contribution in [0.1, 0.15) is 6.42 Å². The number of hydrogen-bond donors (Lipinski definition) is 3. The van der Waals surface area contributed by atoms with Crippen LogP contribution in [0.2, 0.25) is 0 Å². The Labute approximate surface area is 227 Å². The van der Waals surface area contributed by atoms with Crippen LogP contribution in [-0.4, -0.2) is 52.0 Å². The highest BCUT2D eigenvalue weighted by Gasteiger charge is 2.22. The Morgan fingerprint density at radius 3 is 2.65 bits per heavy atom. The van der Waals surface area contributed by atoms with E-state index in [0.717, 1.165) is 12.1 Å². The van der Waals surface area contributed by atoms with Crippen LogP contribution in [0.3, 0.4) is 0 Å². The zero-order valence-corrected chi connectivity index (χ0v) is 21.9. The number of halogens is 2. The van der Waals surface area contributed by atoms with E-state index in [1.54, 1.807) is 29.2 Å². The summed E-state index contributed by atoms with van der Waals surface area (Å²) in [6.07, 6.45) is 6.94. The molecule has 0 unspecified atom stereocenters. The van der Waals surface area contributed by atoms with Crippen molar-refractivity contribution in [1.29, 1.82) is 0 Å². The van der Waals surface area contributed by atoms with Crippen molar-refractivity contribution in [3.8, 4) is 17.0 Å². The van der Waals surface area contributed by atoms with Crippen molar-refractivity contribution in [3.05, 3.63) is 79.0 Å². The zero-order valence-electron chi connectivity index (χ0n) is 21.0. The molecule has 0 atom stereocenters. The second-order valence-electron chi connectivity index (χ2n) is 8.61. The van der Waals surface area contributed by atoms with Gasteiger partial charge in [-0.3, -0.25) is 9.40 Å². The second-order valence-corrected chi connectivity index (χ2v) is 10.3. The van der Waals surface area contributed by atoms with Gasteiger partial charge in [-0.25, -0.2) is 32.2 Å². The van der Waals surface area contributed by atoms with Gasteiger partial charge in [0.25, 0.3) is 10.0 Å². The molecular formula is C26H23F2N7O4S. The molecule has 0 bridgehead atoms. The molecule has 3 heterocycles. The quantitative estimate of drug-likeness (QED) is 0.227. The minimum absolute atomic E-state index is 0.0400. The lowest BCUT2D eigenvalue weighted by Crippen LogP contribution is -2.15. The predicted octanol–water partition coefficient (Wildman–Crippen LogP) is 4.10. The van der Waals surface area contributed by atoms with E-state index in [9.17, 15) is 17.2 Å². The number of nitrogens with one attached hydrogen (secondary N) is 2. The van der Waals surface area contributed by atoms with Gasteiger partial charge in [-0.05, 0) is 42.3 Å². The highest BCUT2D eigenvalue weighted by atomic mass is 32.2. The van der Waals surface area contributed by atoms with Gasteiger partial charge in [0.1, 0.15) is 34.4 Å². The van der Waals surface area contributed by atoms with Crippen molar-refractivity contribution in [2.24, 2.45) is 0 Å². The van der Waals surface area contributed by atoms with Crippen molar-refractivity contribution in [3.63, 3.8) is 0 Å². The van der Waals surface area contributed by atoms with Gasteiger partial charge in [0, 0.05) is 42.6 Å². The number of hydrogen-bond acceptors (Lipinski definition) is 9. The smallest absolute Gasteiger partial charge is 0.264 e. The molecule has 0 aliphatic rings. The first-order valence-electron chi connectivity index (χ1n) is 11.9. The van der Waals surface area contributed by atoms with Crippen molar-refractivity contribution >= 4 is 38.1 Å². The van der Waals surface area contributed by atoms with Crippen molar-refractivity contribution in [2.75, 3.05) is 23.8 Å². The van der Waals surface area contributed by atoms with Gasteiger partial charge in [0.05, 0.1) is 24.5 Å². The van der Waals surface area contributed by atoms with Crippen molar-refractivity contribution in [1.82, 2.24) is 24.7 Å². The number of fused-ring (bicyclic) bond motifs is 1. The summed E-state index contributed by atoms with van der Waals surface area (Å²) in [7, 11) is -3.12. The fourth-order valence-corrected chi connectivity index (χ4v) is 5.10. The Morgan fingerprint density at radius 1 is 1.02 bits per heavy atom. The third kappa shape index (κ3) is 5.67. The average molecular weight is 568 g/mol. The Kier molecular flexibility index (Phi) is 7.53. The molecule has 0 saturated heterocycles. The van der Waals surface area contributed by atoms with Gasteiger partial charge >= 0.3 is 0 Å². The highest BCUT2D eigenvalue weighted by Crippen LogP contribution is 2.33. The predicted molar refractivity (Wildman–Crippen MR) is 144 cm³/mol. The van der Waals surface area contributed by atoms with E-state index in [-0.39, 0.29) is 18.2 Å². The Morgan fingerprint density at radius 2 is 1.88 bits per heavy atom. The van der Waals surface area contributed by atoms with Crippen molar-refractivity contribution in [2.45, 2.75) is 17.9 Å². The maximum absolute atomic E-state index is 14.2. The number of anilines is 3. The first-order chi connectivity index (χ1) is 19.3. The molecule has 0 aliphatic carbocycles. The van der Waals surface area contributed by atoms with Crippen LogP contribution in [0.4, 0.5) is 26.0 Å². The number of aromatic nitrogens is 5. The third-order valence-corrected chi connectivity index (χ3v) is 7.28. The summed E-state index contributed by atoms with van der Waals surface area (Å²) in [4.78, 5) is 12.2. The summed E-state index contributed by atoms with van der Waals surface area (Å²) in [5.41, 5.74) is 2.49. The van der Waals surface area contributed by atoms with E-state index in [4.69, 9.17) is 9.84 Å². The summed E-state index contributed by atoms with van der Waals surface area (Å²) < 4.78 is 62.6. The number of nitrogens with zero attached hydrogens (tertiary/aromatic N) is 5. The number of rotatable bonds is 10. The largest absolute Gasteiger partial charge is 0.480 e. The number of sulfonamides is 1. The molecule has 2 aromatic carbocycles. The van der Waals surface area contributed by atoms with Gasteiger partial charge < -0.3 is 15.2 Å². The molecule has 0 amide bonds. The van der Waals surface area contributed by atoms with Crippen LogP contribution < -0.4 is 14.8 Å². The number of pyridine rings is 1. The number of aryl methyl sites for hydroxylation is 1. The minimum atomic E-state index is -4.44. The molecule has 5 aromatic rings. The Balaban J connectivity index is 1.48. The summed E-state index contributed by atoms with van der Waals surface area (Å²) >= 11 is 0. The summed E-state index contributed by atoms with van der Waals surface area (Å²) in [5.74, 6) is -1.66. The molecule has 0 radical (unpaired) electrons. The van der Waals surface area contributed by atoms with E-state index in [1.165, 1.54) is 25.7 Å². The van der Waals surface area contributed by atoms with E-state index in [0.29, 0.717) is 52.6 Å². The number of benzene rings is 2. The maximum Gasteiger partial charge on any atom is 0.264 e. The summed E-state index contributed by atoms with van der Waals surface area (Å²) in [6.45, 7) is 0.631. The second kappa shape index (κ2) is 11.2. The monoisotopic (exact) mass is 567 g/mol. The standard InChI is InChI=1S/C26H23F2N7O4S/c1-39-26-23(34-40(37,38)24-6-4-18(27)11-21(24)28)10-17(12-29-26)16-3-5-22-20(9-16)25(31-15-30-22)33-19-13-32-35(14-19)7-2-8-36/h3-6,9-15,34,36H,2,7-8H2,1H3,(H,30,31,33). The number of aliphatic hydroxyl groups is 1.